The maximum atomic E-state index is 12.9. The van der Waals surface area contributed by atoms with Crippen LogP contribution in [-0.2, 0) is 29.0 Å². The number of aromatic hydroxyl groups is 2. The fraction of sp³-hybridized carbons (Fsp3) is 0.158. The number of imide groups is 2. The van der Waals surface area contributed by atoms with Crippen LogP contribution in [0, 0.1) is 12.3 Å². The van der Waals surface area contributed by atoms with Gasteiger partial charge in [0.15, 0.2) is 0 Å². The van der Waals surface area contributed by atoms with Gasteiger partial charge in [0.05, 0.1) is 15.5 Å². The third-order valence-electron chi connectivity index (χ3n) is 5.28. The van der Waals surface area contributed by atoms with Crippen LogP contribution in [0.25, 0.3) is 0 Å². The molecular weight excluding hydrogens is 416 g/mol. The van der Waals surface area contributed by atoms with Crippen molar-refractivity contribution in [3.8, 4) is 11.5 Å². The third-order valence-corrected chi connectivity index (χ3v) is 7.02. The maximum absolute atomic E-state index is 12.9. The molecule has 0 saturated carbocycles. The summed E-state index contributed by atoms with van der Waals surface area (Å²) in [4.78, 5) is 49.6. The highest BCUT2D eigenvalue weighted by Crippen LogP contribution is 2.48. The second-order valence-corrected chi connectivity index (χ2v) is 8.92. The van der Waals surface area contributed by atoms with Crippen molar-refractivity contribution in [3.63, 3.8) is 0 Å². The Labute approximate surface area is 169 Å². The smallest absolute Gasteiger partial charge is 0.285 e. The number of hydrogen-bond donors (Lipinski definition) is 2. The summed E-state index contributed by atoms with van der Waals surface area (Å²) >= 11 is 0. The van der Waals surface area contributed by atoms with Crippen LogP contribution in [0.1, 0.15) is 5.56 Å². The lowest BCUT2D eigenvalue weighted by atomic mass is 9.69. The standard InChI is InChI=1S/C19H14N2O8S/c1-9-7-10(3-5-13(9)22)30(28,29)11-4-6-14(23)12(8-11)21-17(26)19(18(21)27)15(24)20(2)16(19)25/h3-8,22-23H,1-2H3. The quantitative estimate of drug-likeness (QED) is 0.514. The summed E-state index contributed by atoms with van der Waals surface area (Å²) < 4.78 is 25.9. The van der Waals surface area contributed by atoms with Gasteiger partial charge in [-0.05, 0) is 48.9 Å². The number of anilines is 1. The Hall–Kier alpha value is -3.73. The van der Waals surface area contributed by atoms with E-state index >= 15 is 0 Å². The molecule has 0 unspecified atom stereocenters. The van der Waals surface area contributed by atoms with Gasteiger partial charge in [0.1, 0.15) is 11.5 Å². The van der Waals surface area contributed by atoms with Crippen molar-refractivity contribution in [2.75, 3.05) is 11.9 Å². The van der Waals surface area contributed by atoms with Gasteiger partial charge in [-0.1, -0.05) is 0 Å². The molecule has 2 aromatic carbocycles. The van der Waals surface area contributed by atoms with E-state index in [0.29, 0.717) is 15.4 Å². The summed E-state index contributed by atoms with van der Waals surface area (Å²) in [6.07, 6.45) is 0. The van der Waals surface area contributed by atoms with E-state index < -0.39 is 50.3 Å². The van der Waals surface area contributed by atoms with Crippen LogP contribution < -0.4 is 4.90 Å². The normalized spacial score (nSPS) is 17.9. The first-order valence-corrected chi connectivity index (χ1v) is 10.0. The second kappa shape index (κ2) is 5.89. The van der Waals surface area contributed by atoms with E-state index in [1.807, 2.05) is 0 Å². The number of rotatable bonds is 3. The first-order valence-electron chi connectivity index (χ1n) is 8.55. The van der Waals surface area contributed by atoms with Crippen LogP contribution in [0.5, 0.6) is 11.5 Å². The number of nitrogens with zero attached hydrogens (tertiary/aromatic N) is 2. The number of phenols is 2. The summed E-state index contributed by atoms with van der Waals surface area (Å²) in [5, 5.41) is 19.7. The molecule has 0 bridgehead atoms. The Kier molecular flexibility index (Phi) is 3.84. The summed E-state index contributed by atoms with van der Waals surface area (Å²) in [6, 6.07) is 6.60. The van der Waals surface area contributed by atoms with Crippen molar-refractivity contribution in [1.82, 2.24) is 4.90 Å². The minimum Gasteiger partial charge on any atom is -0.508 e. The van der Waals surface area contributed by atoms with Gasteiger partial charge >= 0.3 is 0 Å². The Morgan fingerprint density at radius 3 is 1.83 bits per heavy atom. The van der Waals surface area contributed by atoms with Crippen LogP contribution in [0.4, 0.5) is 5.69 Å². The summed E-state index contributed by atoms with van der Waals surface area (Å²) in [7, 11) is -3.01. The average Bonchev–Trinajstić information content (AvgIpc) is 2.71. The third kappa shape index (κ3) is 2.15. The largest absolute Gasteiger partial charge is 0.508 e. The van der Waals surface area contributed by atoms with Crippen molar-refractivity contribution in [2.24, 2.45) is 5.41 Å². The minimum absolute atomic E-state index is 0.0952. The number of carbonyl (C=O) groups excluding carboxylic acids is 4. The van der Waals surface area contributed by atoms with E-state index in [9.17, 15) is 37.8 Å². The van der Waals surface area contributed by atoms with Gasteiger partial charge in [-0.25, -0.2) is 13.3 Å². The number of likely N-dealkylation sites (tertiary alicyclic amines) is 1. The number of aryl methyl sites for hydroxylation is 1. The Bertz CT molecular complexity index is 1260. The van der Waals surface area contributed by atoms with Crippen LogP contribution in [0.3, 0.4) is 0 Å². The van der Waals surface area contributed by atoms with E-state index in [-0.39, 0.29) is 15.5 Å². The molecule has 154 valence electrons. The van der Waals surface area contributed by atoms with Crippen molar-refractivity contribution in [1.29, 1.82) is 0 Å². The van der Waals surface area contributed by atoms with Crippen LogP contribution >= 0.6 is 0 Å². The first-order chi connectivity index (χ1) is 14.0. The van der Waals surface area contributed by atoms with Gasteiger partial charge < -0.3 is 10.2 Å². The minimum atomic E-state index is -4.13. The van der Waals surface area contributed by atoms with Gasteiger partial charge in [-0.3, -0.25) is 24.1 Å². The van der Waals surface area contributed by atoms with Crippen LogP contribution in [0.2, 0.25) is 0 Å². The van der Waals surface area contributed by atoms with E-state index in [2.05, 4.69) is 0 Å². The van der Waals surface area contributed by atoms with Gasteiger partial charge in [0.2, 0.25) is 9.84 Å². The highest BCUT2D eigenvalue weighted by Gasteiger charge is 2.80. The molecule has 2 aliphatic heterocycles. The number of sulfone groups is 1. The van der Waals surface area contributed by atoms with E-state index in [0.717, 1.165) is 25.2 Å². The average molecular weight is 430 g/mol. The Balaban J connectivity index is 1.76. The van der Waals surface area contributed by atoms with Crippen molar-refractivity contribution >= 4 is 39.2 Å². The number of phenolic OH excluding ortho intramolecular Hbond substituents is 2. The lowest BCUT2D eigenvalue weighted by molar-refractivity contribution is -0.184. The number of carbonyl (C=O) groups is 4. The number of hydrogen-bond acceptors (Lipinski definition) is 8. The van der Waals surface area contributed by atoms with Crippen LogP contribution in [0.15, 0.2) is 46.2 Å². The SMILES string of the molecule is Cc1cc(S(=O)(=O)c2ccc(O)c(N3C(=O)C4(C(=O)N(C)C4=O)C3=O)c2)ccc1O. The molecule has 2 aliphatic rings. The Morgan fingerprint density at radius 2 is 1.30 bits per heavy atom. The second-order valence-electron chi connectivity index (χ2n) is 6.97. The van der Waals surface area contributed by atoms with Gasteiger partial charge in [-0.2, -0.15) is 0 Å². The molecule has 4 rings (SSSR count). The number of amides is 4. The number of benzene rings is 2. The molecule has 30 heavy (non-hydrogen) atoms. The van der Waals surface area contributed by atoms with Crippen molar-refractivity contribution in [3.05, 3.63) is 42.0 Å². The molecule has 0 aliphatic carbocycles. The molecule has 2 saturated heterocycles. The molecule has 0 aromatic heterocycles. The predicted octanol–water partition coefficient (Wildman–Crippen LogP) is 0.0972. The monoisotopic (exact) mass is 430 g/mol. The zero-order valence-corrected chi connectivity index (χ0v) is 16.4. The van der Waals surface area contributed by atoms with Crippen LogP contribution in [-0.4, -0.2) is 54.2 Å². The summed E-state index contributed by atoms with van der Waals surface area (Å²) in [5.41, 5.74) is -2.58. The van der Waals surface area contributed by atoms with Gasteiger partial charge in [0, 0.05) is 7.05 Å². The molecule has 10 nitrogen and oxygen atoms in total. The van der Waals surface area contributed by atoms with Gasteiger partial charge in [-0.15, -0.1) is 0 Å². The number of β-lactam (4-membered cyclic amide) rings is 4. The summed E-state index contributed by atoms with van der Waals surface area (Å²) in [6.45, 7) is 1.51. The highest BCUT2D eigenvalue weighted by molar-refractivity contribution is 7.91. The molecule has 4 amide bonds. The topological polar surface area (TPSA) is 149 Å². The summed E-state index contributed by atoms with van der Waals surface area (Å²) in [5.74, 6) is -4.91. The molecule has 0 radical (unpaired) electrons. The highest BCUT2D eigenvalue weighted by atomic mass is 32.2. The maximum Gasteiger partial charge on any atom is 0.285 e. The van der Waals surface area contributed by atoms with Crippen molar-refractivity contribution < 1.29 is 37.8 Å². The molecule has 2 N–H and O–H groups in total. The fourth-order valence-corrected chi connectivity index (χ4v) is 4.83. The van der Waals surface area contributed by atoms with Crippen molar-refractivity contribution in [2.45, 2.75) is 16.7 Å². The van der Waals surface area contributed by atoms with E-state index in [4.69, 9.17) is 0 Å². The molecule has 0 atom stereocenters. The predicted molar refractivity (Wildman–Crippen MR) is 99.1 cm³/mol. The lowest BCUT2D eigenvalue weighted by Crippen LogP contribution is -2.83. The van der Waals surface area contributed by atoms with Gasteiger partial charge in [0.25, 0.3) is 29.0 Å². The van der Waals surface area contributed by atoms with E-state index in [1.54, 1.807) is 0 Å². The molecule has 11 heteroatoms. The first kappa shape index (κ1) is 19.6. The zero-order valence-electron chi connectivity index (χ0n) is 15.6. The molecule has 2 heterocycles. The Morgan fingerprint density at radius 1 is 0.800 bits per heavy atom. The molecule has 2 aromatic rings. The van der Waals surface area contributed by atoms with E-state index in [1.165, 1.54) is 25.1 Å². The lowest BCUT2D eigenvalue weighted by Gasteiger charge is -2.51. The molecular formula is C19H14N2O8S. The molecule has 2 fully saturated rings. The molecule has 1 spiro atoms. The zero-order chi connectivity index (χ0) is 22.2. The fourth-order valence-electron chi connectivity index (χ4n) is 3.47.